The second kappa shape index (κ2) is 5.47. The topological polar surface area (TPSA) is 64.2 Å². The molecule has 0 aliphatic carbocycles. The maximum absolute atomic E-state index is 12.4. The molecule has 8 heteroatoms. The Bertz CT molecular complexity index is 665. The van der Waals surface area contributed by atoms with E-state index >= 15 is 0 Å². The quantitative estimate of drug-likeness (QED) is 0.885. The molecular formula is C13H11F3N2O3. The first-order valence-electron chi connectivity index (χ1n) is 5.81. The zero-order chi connectivity index (χ0) is 15.6. The van der Waals surface area contributed by atoms with Crippen LogP contribution in [0.15, 0.2) is 24.4 Å². The summed E-state index contributed by atoms with van der Waals surface area (Å²) in [6.07, 6.45) is -3.71. The largest absolute Gasteiger partial charge is 0.574 e. The van der Waals surface area contributed by atoms with E-state index in [-0.39, 0.29) is 16.8 Å². The lowest BCUT2D eigenvalue weighted by atomic mass is 10.1. The van der Waals surface area contributed by atoms with Crippen molar-refractivity contribution < 1.29 is 27.4 Å². The Balaban J connectivity index is 2.55. The lowest BCUT2D eigenvalue weighted by molar-refractivity contribution is -0.275. The molecule has 0 aliphatic rings. The average molecular weight is 300 g/mol. The molecule has 0 aromatic carbocycles. The van der Waals surface area contributed by atoms with E-state index in [1.165, 1.54) is 25.3 Å². The van der Waals surface area contributed by atoms with Gasteiger partial charge < -0.3 is 14.5 Å². The molecule has 2 aromatic rings. The highest BCUT2D eigenvalue weighted by Crippen LogP contribution is 2.33. The molecule has 0 radical (unpaired) electrons. The SMILES string of the molecule is COC(=O)c1cc(C)[nH]c1-c1cccnc1OC(F)(F)F. The molecular weight excluding hydrogens is 289 g/mol. The molecule has 0 fully saturated rings. The highest BCUT2D eigenvalue weighted by Gasteiger charge is 2.33. The van der Waals surface area contributed by atoms with E-state index in [2.05, 4.69) is 19.4 Å². The first kappa shape index (κ1) is 14.9. The van der Waals surface area contributed by atoms with Gasteiger partial charge in [-0.25, -0.2) is 9.78 Å². The lowest BCUT2D eigenvalue weighted by Crippen LogP contribution is -2.18. The van der Waals surface area contributed by atoms with Crippen LogP contribution in [0, 0.1) is 6.92 Å². The number of methoxy groups -OCH3 is 1. The number of hydrogen-bond donors (Lipinski definition) is 1. The van der Waals surface area contributed by atoms with Crippen LogP contribution in [0.3, 0.4) is 0 Å². The number of carbonyl (C=O) groups excluding carboxylic acids is 1. The van der Waals surface area contributed by atoms with E-state index < -0.39 is 18.2 Å². The zero-order valence-corrected chi connectivity index (χ0v) is 11.1. The van der Waals surface area contributed by atoms with Crippen molar-refractivity contribution in [3.8, 4) is 17.1 Å². The number of alkyl halides is 3. The third-order valence-corrected chi connectivity index (χ3v) is 2.61. The number of pyridine rings is 1. The fourth-order valence-corrected chi connectivity index (χ4v) is 1.84. The van der Waals surface area contributed by atoms with Crippen molar-refractivity contribution in [2.24, 2.45) is 0 Å². The average Bonchev–Trinajstić information content (AvgIpc) is 2.78. The van der Waals surface area contributed by atoms with Gasteiger partial charge in [0.2, 0.25) is 5.88 Å². The summed E-state index contributed by atoms with van der Waals surface area (Å²) in [5.41, 5.74) is 0.872. The molecule has 2 rings (SSSR count). The molecule has 1 N–H and O–H groups in total. The number of ether oxygens (including phenoxy) is 2. The smallest absolute Gasteiger partial charge is 0.465 e. The summed E-state index contributed by atoms with van der Waals surface area (Å²) < 4.78 is 45.7. The number of nitrogens with zero attached hydrogens (tertiary/aromatic N) is 1. The highest BCUT2D eigenvalue weighted by molar-refractivity contribution is 5.97. The number of aromatic nitrogens is 2. The Kier molecular flexibility index (Phi) is 3.88. The van der Waals surface area contributed by atoms with Crippen molar-refractivity contribution in [3.05, 3.63) is 35.7 Å². The number of aryl methyl sites for hydroxylation is 1. The summed E-state index contributed by atoms with van der Waals surface area (Å²) in [5, 5.41) is 0. The van der Waals surface area contributed by atoms with E-state index in [9.17, 15) is 18.0 Å². The van der Waals surface area contributed by atoms with Crippen LogP contribution in [0.4, 0.5) is 13.2 Å². The van der Waals surface area contributed by atoms with Gasteiger partial charge in [-0.1, -0.05) is 0 Å². The molecule has 2 aromatic heterocycles. The van der Waals surface area contributed by atoms with Gasteiger partial charge in [0.05, 0.1) is 23.9 Å². The van der Waals surface area contributed by atoms with Crippen LogP contribution in [0.1, 0.15) is 16.1 Å². The van der Waals surface area contributed by atoms with Crippen LogP contribution >= 0.6 is 0 Å². The molecule has 0 aliphatic heterocycles. The molecule has 21 heavy (non-hydrogen) atoms. The summed E-state index contributed by atoms with van der Waals surface area (Å²) >= 11 is 0. The summed E-state index contributed by atoms with van der Waals surface area (Å²) in [7, 11) is 1.19. The molecule has 0 spiro atoms. The van der Waals surface area contributed by atoms with Crippen LogP contribution in [0.2, 0.25) is 0 Å². The van der Waals surface area contributed by atoms with Crippen LogP contribution < -0.4 is 4.74 Å². The number of halogens is 3. The predicted molar refractivity (Wildman–Crippen MR) is 66.8 cm³/mol. The van der Waals surface area contributed by atoms with E-state index in [1.54, 1.807) is 6.92 Å². The Morgan fingerprint density at radius 2 is 2.10 bits per heavy atom. The Labute approximate surface area is 117 Å². The van der Waals surface area contributed by atoms with Crippen LogP contribution in [0.5, 0.6) is 5.88 Å². The fourth-order valence-electron chi connectivity index (χ4n) is 1.84. The minimum absolute atomic E-state index is 0.0170. The van der Waals surface area contributed by atoms with Crippen LogP contribution in [0.25, 0.3) is 11.3 Å². The first-order valence-corrected chi connectivity index (χ1v) is 5.81. The van der Waals surface area contributed by atoms with E-state index in [1.807, 2.05) is 0 Å². The van der Waals surface area contributed by atoms with Gasteiger partial charge >= 0.3 is 12.3 Å². The number of rotatable bonds is 3. The summed E-state index contributed by atoms with van der Waals surface area (Å²) in [4.78, 5) is 18.1. The van der Waals surface area contributed by atoms with Gasteiger partial charge in [0.15, 0.2) is 0 Å². The maximum atomic E-state index is 12.4. The van der Waals surface area contributed by atoms with Crippen LogP contribution in [-0.2, 0) is 4.74 Å². The third kappa shape index (κ3) is 3.33. The van der Waals surface area contributed by atoms with E-state index in [4.69, 9.17) is 0 Å². The maximum Gasteiger partial charge on any atom is 0.574 e. The van der Waals surface area contributed by atoms with Crippen molar-refractivity contribution in [2.75, 3.05) is 7.11 Å². The predicted octanol–water partition coefficient (Wildman–Crippen LogP) is 3.07. The van der Waals surface area contributed by atoms with Gasteiger partial charge in [-0.2, -0.15) is 0 Å². The number of hydrogen-bond acceptors (Lipinski definition) is 4. The molecule has 5 nitrogen and oxygen atoms in total. The number of esters is 1. The molecule has 0 unspecified atom stereocenters. The summed E-state index contributed by atoms with van der Waals surface area (Å²) in [5.74, 6) is -1.31. The van der Waals surface area contributed by atoms with E-state index in [0.717, 1.165) is 6.20 Å². The lowest BCUT2D eigenvalue weighted by Gasteiger charge is -2.11. The monoisotopic (exact) mass is 300 g/mol. The minimum atomic E-state index is -4.88. The normalized spacial score (nSPS) is 11.3. The Morgan fingerprint density at radius 3 is 2.71 bits per heavy atom. The molecule has 0 atom stereocenters. The van der Waals surface area contributed by atoms with Gasteiger partial charge in [-0.05, 0) is 25.1 Å². The molecule has 0 amide bonds. The third-order valence-electron chi connectivity index (χ3n) is 2.61. The van der Waals surface area contributed by atoms with Gasteiger partial charge in [0.25, 0.3) is 0 Å². The second-order valence-corrected chi connectivity index (χ2v) is 4.14. The fraction of sp³-hybridized carbons (Fsp3) is 0.231. The number of aromatic amines is 1. The number of nitrogens with one attached hydrogen (secondary N) is 1. The van der Waals surface area contributed by atoms with Crippen molar-refractivity contribution in [3.63, 3.8) is 0 Å². The van der Waals surface area contributed by atoms with E-state index in [0.29, 0.717) is 5.69 Å². The Morgan fingerprint density at radius 1 is 1.38 bits per heavy atom. The minimum Gasteiger partial charge on any atom is -0.465 e. The van der Waals surface area contributed by atoms with Gasteiger partial charge in [0.1, 0.15) is 0 Å². The molecule has 2 heterocycles. The van der Waals surface area contributed by atoms with Crippen molar-refractivity contribution in [1.82, 2.24) is 9.97 Å². The molecule has 0 bridgehead atoms. The van der Waals surface area contributed by atoms with Gasteiger partial charge in [-0.15, -0.1) is 13.2 Å². The number of H-pyrrole nitrogens is 1. The Hall–Kier alpha value is -2.51. The highest BCUT2D eigenvalue weighted by atomic mass is 19.4. The summed E-state index contributed by atoms with van der Waals surface area (Å²) in [6, 6.07) is 4.28. The molecule has 0 saturated carbocycles. The number of carbonyl (C=O) groups is 1. The standard InChI is InChI=1S/C13H11F3N2O3/c1-7-6-9(12(19)20-2)10(18-7)8-4-3-5-17-11(8)21-13(14,15)16/h3-6,18H,1-2H3. The van der Waals surface area contributed by atoms with Crippen molar-refractivity contribution >= 4 is 5.97 Å². The molecule has 112 valence electrons. The molecule has 0 saturated heterocycles. The van der Waals surface area contributed by atoms with Crippen molar-refractivity contribution in [1.29, 1.82) is 0 Å². The first-order chi connectivity index (χ1) is 9.81. The zero-order valence-electron chi connectivity index (χ0n) is 11.1. The van der Waals surface area contributed by atoms with Gasteiger partial charge in [0, 0.05) is 11.9 Å². The van der Waals surface area contributed by atoms with Crippen LogP contribution in [-0.4, -0.2) is 29.4 Å². The second-order valence-electron chi connectivity index (χ2n) is 4.14. The summed E-state index contributed by atoms with van der Waals surface area (Å²) in [6.45, 7) is 1.66. The van der Waals surface area contributed by atoms with Gasteiger partial charge in [-0.3, -0.25) is 0 Å². The van der Waals surface area contributed by atoms with Crippen molar-refractivity contribution in [2.45, 2.75) is 13.3 Å².